The molecule has 1 aliphatic heterocycles. The van der Waals surface area contributed by atoms with Crippen molar-refractivity contribution >= 4 is 17.3 Å². The smallest absolute Gasteiger partial charge is 0.303 e. The normalized spacial score (nSPS) is 22.2. The lowest BCUT2D eigenvalue weighted by Crippen LogP contribution is -2.24. The lowest BCUT2D eigenvalue weighted by atomic mass is 9.91. The van der Waals surface area contributed by atoms with Crippen LogP contribution in [0.3, 0.4) is 0 Å². The van der Waals surface area contributed by atoms with E-state index in [1.54, 1.807) is 17.5 Å². The predicted molar refractivity (Wildman–Crippen MR) is 81.9 cm³/mol. The second kappa shape index (κ2) is 6.53. The zero-order valence-corrected chi connectivity index (χ0v) is 13.2. The average molecular weight is 321 g/mol. The van der Waals surface area contributed by atoms with Gasteiger partial charge < -0.3 is 10.0 Å². The highest BCUT2D eigenvalue weighted by molar-refractivity contribution is 7.09. The first kappa shape index (κ1) is 15.1. The minimum absolute atomic E-state index is 0.0831. The van der Waals surface area contributed by atoms with E-state index in [9.17, 15) is 4.79 Å². The van der Waals surface area contributed by atoms with Gasteiger partial charge in [-0.25, -0.2) is 4.98 Å². The monoisotopic (exact) mass is 321 g/mol. The fourth-order valence-electron chi connectivity index (χ4n) is 3.09. The van der Waals surface area contributed by atoms with E-state index < -0.39 is 5.97 Å². The zero-order valence-electron chi connectivity index (χ0n) is 12.4. The molecule has 0 spiro atoms. The lowest BCUT2D eigenvalue weighted by Gasteiger charge is -2.14. The van der Waals surface area contributed by atoms with Crippen molar-refractivity contribution in [2.24, 2.45) is 5.92 Å². The quantitative estimate of drug-likeness (QED) is 0.833. The molecule has 0 aliphatic carbocycles. The Hall–Kier alpha value is -1.80. The van der Waals surface area contributed by atoms with Gasteiger partial charge in [-0.3, -0.25) is 4.79 Å². The van der Waals surface area contributed by atoms with Crippen molar-refractivity contribution < 1.29 is 9.90 Å². The highest BCUT2D eigenvalue weighted by atomic mass is 32.1. The van der Waals surface area contributed by atoms with E-state index in [0.29, 0.717) is 0 Å². The van der Waals surface area contributed by atoms with Crippen LogP contribution in [0, 0.1) is 12.8 Å². The first-order valence-corrected chi connectivity index (χ1v) is 8.20. The Morgan fingerprint density at radius 2 is 2.41 bits per heavy atom. The third-order valence-corrected chi connectivity index (χ3v) is 4.94. The van der Waals surface area contributed by atoms with Gasteiger partial charge in [-0.1, -0.05) is 0 Å². The fourth-order valence-corrected chi connectivity index (χ4v) is 3.74. The lowest BCUT2D eigenvalue weighted by molar-refractivity contribution is -0.138. The summed E-state index contributed by atoms with van der Waals surface area (Å²) in [5.41, 5.74) is 1.97. The number of aliphatic carboxylic acids is 1. The van der Waals surface area contributed by atoms with Gasteiger partial charge in [0.1, 0.15) is 0 Å². The van der Waals surface area contributed by atoms with E-state index in [2.05, 4.69) is 30.7 Å². The molecule has 0 bridgehead atoms. The minimum Gasteiger partial charge on any atom is -0.481 e. The van der Waals surface area contributed by atoms with Gasteiger partial charge in [-0.05, 0) is 12.8 Å². The number of carboxylic acids is 1. The molecular formula is C14H19N5O2S. The third kappa shape index (κ3) is 3.50. The number of aromatic amines is 1. The summed E-state index contributed by atoms with van der Waals surface area (Å²) in [5, 5.41) is 22.9. The fraction of sp³-hybridized carbons (Fsp3) is 0.571. The molecule has 0 saturated carbocycles. The summed E-state index contributed by atoms with van der Waals surface area (Å²) < 4.78 is 0. The van der Waals surface area contributed by atoms with Crippen molar-refractivity contribution in [3.8, 4) is 0 Å². The van der Waals surface area contributed by atoms with Gasteiger partial charge in [0, 0.05) is 37.4 Å². The molecule has 0 amide bonds. The summed E-state index contributed by atoms with van der Waals surface area (Å²) in [7, 11) is 0. The van der Waals surface area contributed by atoms with Crippen molar-refractivity contribution in [2.75, 3.05) is 19.6 Å². The van der Waals surface area contributed by atoms with Crippen molar-refractivity contribution in [1.82, 2.24) is 25.3 Å². The van der Waals surface area contributed by atoms with Crippen LogP contribution in [0.4, 0.5) is 0 Å². The number of aryl methyl sites for hydroxylation is 1. The van der Waals surface area contributed by atoms with E-state index >= 15 is 0 Å². The Morgan fingerprint density at radius 3 is 3.05 bits per heavy atom. The molecule has 1 aliphatic rings. The van der Waals surface area contributed by atoms with Crippen LogP contribution >= 0.6 is 11.3 Å². The van der Waals surface area contributed by atoms with Gasteiger partial charge in [0.2, 0.25) is 0 Å². The molecule has 2 unspecified atom stereocenters. The number of carbonyl (C=O) groups is 1. The summed E-state index contributed by atoms with van der Waals surface area (Å²) in [6.45, 7) is 4.52. The van der Waals surface area contributed by atoms with E-state index in [-0.39, 0.29) is 18.3 Å². The molecule has 2 aromatic heterocycles. The van der Waals surface area contributed by atoms with Gasteiger partial charge >= 0.3 is 5.97 Å². The van der Waals surface area contributed by atoms with Crippen molar-refractivity contribution in [3.63, 3.8) is 0 Å². The van der Waals surface area contributed by atoms with Crippen molar-refractivity contribution in [2.45, 2.75) is 25.7 Å². The average Bonchev–Trinajstić information content (AvgIpc) is 3.16. The Bertz CT molecular complexity index is 627. The van der Waals surface area contributed by atoms with Crippen LogP contribution in [0.2, 0.25) is 0 Å². The number of hydrogen-bond acceptors (Lipinski definition) is 6. The number of nitrogens with one attached hydrogen (secondary N) is 1. The molecule has 22 heavy (non-hydrogen) atoms. The van der Waals surface area contributed by atoms with Crippen LogP contribution in [0.5, 0.6) is 0 Å². The van der Waals surface area contributed by atoms with Gasteiger partial charge in [-0.15, -0.1) is 11.3 Å². The van der Waals surface area contributed by atoms with Gasteiger partial charge in [-0.2, -0.15) is 15.4 Å². The molecule has 3 rings (SSSR count). The first-order chi connectivity index (χ1) is 10.6. The summed E-state index contributed by atoms with van der Waals surface area (Å²) in [4.78, 5) is 17.9. The zero-order chi connectivity index (χ0) is 15.5. The first-order valence-electron chi connectivity index (χ1n) is 7.32. The number of thiazole rings is 1. The number of rotatable bonds is 6. The van der Waals surface area contributed by atoms with Gasteiger partial charge in [0.25, 0.3) is 0 Å². The summed E-state index contributed by atoms with van der Waals surface area (Å²) >= 11 is 1.66. The molecular weight excluding hydrogens is 302 g/mol. The topological polar surface area (TPSA) is 95.0 Å². The Balaban J connectivity index is 1.63. The van der Waals surface area contributed by atoms with Crippen LogP contribution < -0.4 is 0 Å². The molecule has 3 heterocycles. The van der Waals surface area contributed by atoms with Crippen LogP contribution in [0.25, 0.3) is 0 Å². The van der Waals surface area contributed by atoms with Crippen LogP contribution in [-0.4, -0.2) is 56.0 Å². The molecule has 7 nitrogen and oxygen atoms in total. The predicted octanol–water partition coefficient (Wildman–Crippen LogP) is 1.30. The molecule has 1 saturated heterocycles. The molecule has 0 aromatic carbocycles. The number of likely N-dealkylation sites (tertiary alicyclic amines) is 1. The van der Waals surface area contributed by atoms with Gasteiger partial charge in [0.05, 0.1) is 29.0 Å². The van der Waals surface area contributed by atoms with E-state index in [0.717, 1.165) is 42.5 Å². The highest BCUT2D eigenvalue weighted by Gasteiger charge is 2.36. The van der Waals surface area contributed by atoms with Crippen LogP contribution in [0.15, 0.2) is 11.6 Å². The summed E-state index contributed by atoms with van der Waals surface area (Å²) in [5.74, 6) is -0.540. The molecule has 118 valence electrons. The van der Waals surface area contributed by atoms with Crippen molar-refractivity contribution in [3.05, 3.63) is 28.0 Å². The Morgan fingerprint density at radius 1 is 1.55 bits per heavy atom. The SMILES string of the molecule is Cc1nc(CCN2CC(CC(=O)O)C(c3cn[nH]n3)C2)cs1. The molecule has 2 aromatic rings. The van der Waals surface area contributed by atoms with E-state index in [4.69, 9.17) is 5.11 Å². The van der Waals surface area contributed by atoms with E-state index in [1.807, 2.05) is 6.92 Å². The molecule has 1 fully saturated rings. The highest BCUT2D eigenvalue weighted by Crippen LogP contribution is 2.33. The molecule has 8 heteroatoms. The van der Waals surface area contributed by atoms with Crippen LogP contribution in [-0.2, 0) is 11.2 Å². The van der Waals surface area contributed by atoms with Crippen LogP contribution in [0.1, 0.15) is 28.7 Å². The Kier molecular flexibility index (Phi) is 4.49. The second-order valence-electron chi connectivity index (χ2n) is 5.73. The number of hydrogen-bond donors (Lipinski definition) is 2. The maximum absolute atomic E-state index is 11.1. The number of H-pyrrole nitrogens is 1. The standard InChI is InChI=1S/C14H19N5O2S/c1-9-16-11(8-22-9)2-3-19-6-10(4-14(20)21)12(7-19)13-5-15-18-17-13/h5,8,10,12H,2-4,6-7H2,1H3,(H,20,21)(H,15,17,18). The number of carboxylic acid groups (broad SMARTS) is 1. The second-order valence-corrected chi connectivity index (χ2v) is 6.79. The summed E-state index contributed by atoms with van der Waals surface area (Å²) in [6, 6.07) is 0. The van der Waals surface area contributed by atoms with Crippen molar-refractivity contribution in [1.29, 1.82) is 0 Å². The maximum Gasteiger partial charge on any atom is 0.303 e. The molecule has 2 N–H and O–H groups in total. The molecule has 0 radical (unpaired) electrons. The minimum atomic E-state index is -0.754. The Labute approximate surface area is 132 Å². The summed E-state index contributed by atoms with van der Waals surface area (Å²) in [6.07, 6.45) is 2.77. The largest absolute Gasteiger partial charge is 0.481 e. The number of aromatic nitrogens is 4. The third-order valence-electron chi connectivity index (χ3n) is 4.12. The maximum atomic E-state index is 11.1. The van der Waals surface area contributed by atoms with Gasteiger partial charge in [0.15, 0.2) is 0 Å². The number of nitrogens with zero attached hydrogens (tertiary/aromatic N) is 4. The van der Waals surface area contributed by atoms with E-state index in [1.165, 1.54) is 0 Å². The molecule has 2 atom stereocenters.